The third-order valence-electron chi connectivity index (χ3n) is 4.15. The molecule has 0 N–H and O–H groups in total. The molecule has 2 heteroatoms. The van der Waals surface area contributed by atoms with Gasteiger partial charge in [-0.2, -0.15) is 0 Å². The second-order valence-electron chi connectivity index (χ2n) is 5.86. The van der Waals surface area contributed by atoms with Crippen LogP contribution in [0, 0.1) is 0 Å². The normalized spacial score (nSPS) is 26.3. The van der Waals surface area contributed by atoms with Gasteiger partial charge >= 0.3 is 0 Å². The van der Waals surface area contributed by atoms with E-state index in [0.29, 0.717) is 5.92 Å². The Morgan fingerprint density at radius 3 is 2.74 bits per heavy atom. The number of carbonyl (C=O) groups excluding carboxylic acids is 1. The van der Waals surface area contributed by atoms with Crippen LogP contribution in [0.1, 0.15) is 74.2 Å². The molecular formula is C17H23ClO. The quantitative estimate of drug-likeness (QED) is 0.526. The first kappa shape index (κ1) is 14.6. The monoisotopic (exact) mass is 278 g/mol. The van der Waals surface area contributed by atoms with E-state index in [1.165, 1.54) is 31.2 Å². The Labute approximate surface area is 121 Å². The van der Waals surface area contributed by atoms with Gasteiger partial charge in [-0.05, 0) is 31.2 Å². The topological polar surface area (TPSA) is 17.1 Å². The highest BCUT2D eigenvalue weighted by Gasteiger charge is 2.40. The van der Waals surface area contributed by atoms with Crippen molar-refractivity contribution in [2.24, 2.45) is 0 Å². The SMILES string of the molecule is CCCCCC[C@H]1C[C@](C)(Cl)C(=O)c2ccccc21. The van der Waals surface area contributed by atoms with Crippen molar-refractivity contribution in [1.82, 2.24) is 0 Å². The lowest BCUT2D eigenvalue weighted by Crippen LogP contribution is -2.36. The molecule has 0 saturated carbocycles. The summed E-state index contributed by atoms with van der Waals surface area (Å²) in [5.74, 6) is 0.530. The van der Waals surface area contributed by atoms with Crippen LogP contribution in [-0.2, 0) is 0 Å². The van der Waals surface area contributed by atoms with Gasteiger partial charge in [0.25, 0.3) is 0 Å². The first-order chi connectivity index (χ1) is 9.06. The molecule has 0 aromatic heterocycles. The highest BCUT2D eigenvalue weighted by Crippen LogP contribution is 2.42. The lowest BCUT2D eigenvalue weighted by atomic mass is 9.74. The maximum Gasteiger partial charge on any atom is 0.183 e. The number of Topliss-reactive ketones (excluding diaryl/α,β-unsaturated/α-hetero) is 1. The Bertz CT molecular complexity index is 450. The van der Waals surface area contributed by atoms with Crippen LogP contribution in [0.3, 0.4) is 0 Å². The molecule has 0 saturated heterocycles. The van der Waals surface area contributed by atoms with Crippen LogP contribution in [0.25, 0.3) is 0 Å². The molecule has 19 heavy (non-hydrogen) atoms. The Morgan fingerprint density at radius 1 is 1.26 bits per heavy atom. The molecule has 1 aliphatic rings. The highest BCUT2D eigenvalue weighted by molar-refractivity contribution is 6.38. The summed E-state index contributed by atoms with van der Waals surface area (Å²) in [6.07, 6.45) is 6.98. The van der Waals surface area contributed by atoms with Crippen LogP contribution in [-0.4, -0.2) is 10.7 Å². The molecule has 0 bridgehead atoms. The second kappa shape index (κ2) is 6.09. The standard InChI is InChI=1S/C17H23ClO/c1-3-4-5-6-9-13-12-17(2,18)16(19)15-11-8-7-10-14(13)15/h7-8,10-11,13H,3-6,9,12H2,1-2H3/t13-,17-/m0/s1. The fourth-order valence-corrected chi connectivity index (χ4v) is 3.37. The maximum atomic E-state index is 12.3. The summed E-state index contributed by atoms with van der Waals surface area (Å²) in [6, 6.07) is 7.99. The Kier molecular flexibility index (Phi) is 4.67. The largest absolute Gasteiger partial charge is 0.292 e. The number of hydrogen-bond donors (Lipinski definition) is 0. The molecule has 0 fully saturated rings. The fourth-order valence-electron chi connectivity index (χ4n) is 3.08. The molecular weight excluding hydrogens is 256 g/mol. The number of hydrogen-bond acceptors (Lipinski definition) is 1. The molecule has 0 heterocycles. The van der Waals surface area contributed by atoms with Crippen molar-refractivity contribution in [3.63, 3.8) is 0 Å². The van der Waals surface area contributed by atoms with Crippen LogP contribution in [0.4, 0.5) is 0 Å². The van der Waals surface area contributed by atoms with Crippen molar-refractivity contribution in [1.29, 1.82) is 0 Å². The summed E-state index contributed by atoms with van der Waals surface area (Å²) < 4.78 is 0. The summed E-state index contributed by atoms with van der Waals surface area (Å²) in [5, 5.41) is 0. The Balaban J connectivity index is 2.16. The average molecular weight is 279 g/mol. The zero-order valence-corrected chi connectivity index (χ0v) is 12.7. The number of alkyl halides is 1. The minimum atomic E-state index is -0.718. The lowest BCUT2D eigenvalue weighted by molar-refractivity contribution is 0.0923. The molecule has 104 valence electrons. The molecule has 0 spiro atoms. The number of carbonyl (C=O) groups is 1. The van der Waals surface area contributed by atoms with Gasteiger partial charge in [-0.1, -0.05) is 56.9 Å². The zero-order chi connectivity index (χ0) is 13.9. The van der Waals surface area contributed by atoms with Gasteiger partial charge in [0.15, 0.2) is 5.78 Å². The van der Waals surface area contributed by atoms with Gasteiger partial charge < -0.3 is 0 Å². The molecule has 0 amide bonds. The van der Waals surface area contributed by atoms with Crippen LogP contribution in [0.2, 0.25) is 0 Å². The zero-order valence-electron chi connectivity index (χ0n) is 11.9. The lowest BCUT2D eigenvalue weighted by Gasteiger charge is -2.34. The van der Waals surface area contributed by atoms with E-state index in [4.69, 9.17) is 11.6 Å². The summed E-state index contributed by atoms with van der Waals surface area (Å²) in [7, 11) is 0. The third kappa shape index (κ3) is 3.20. The number of fused-ring (bicyclic) bond motifs is 1. The van der Waals surface area contributed by atoms with Crippen molar-refractivity contribution < 1.29 is 4.79 Å². The first-order valence-corrected chi connectivity index (χ1v) is 7.76. The van der Waals surface area contributed by atoms with Crippen molar-refractivity contribution in [3.8, 4) is 0 Å². The summed E-state index contributed by atoms with van der Waals surface area (Å²) in [5.41, 5.74) is 2.05. The smallest absolute Gasteiger partial charge is 0.183 e. The molecule has 1 aliphatic carbocycles. The van der Waals surface area contributed by atoms with Gasteiger partial charge in [0, 0.05) is 5.56 Å². The highest BCUT2D eigenvalue weighted by atomic mass is 35.5. The maximum absolute atomic E-state index is 12.3. The molecule has 0 radical (unpaired) electrons. The summed E-state index contributed by atoms with van der Waals surface area (Å²) >= 11 is 6.44. The molecule has 2 atom stereocenters. The van der Waals surface area contributed by atoms with Crippen LogP contribution in [0.15, 0.2) is 24.3 Å². The second-order valence-corrected chi connectivity index (χ2v) is 6.70. The minimum Gasteiger partial charge on any atom is -0.292 e. The van der Waals surface area contributed by atoms with E-state index < -0.39 is 4.87 Å². The Hall–Kier alpha value is -0.820. The number of rotatable bonds is 5. The van der Waals surface area contributed by atoms with Gasteiger partial charge in [0.1, 0.15) is 4.87 Å². The predicted molar refractivity (Wildman–Crippen MR) is 81.1 cm³/mol. The molecule has 1 nitrogen and oxygen atoms in total. The molecule has 2 rings (SSSR count). The van der Waals surface area contributed by atoms with E-state index >= 15 is 0 Å². The van der Waals surface area contributed by atoms with E-state index in [-0.39, 0.29) is 5.78 Å². The minimum absolute atomic E-state index is 0.0922. The van der Waals surface area contributed by atoms with Gasteiger partial charge in [-0.15, -0.1) is 11.6 Å². The molecule has 0 unspecified atom stereocenters. The number of halogens is 1. The summed E-state index contributed by atoms with van der Waals surface area (Å²) in [6.45, 7) is 4.09. The summed E-state index contributed by atoms with van der Waals surface area (Å²) in [4.78, 5) is 11.6. The van der Waals surface area contributed by atoms with Gasteiger partial charge in [0.2, 0.25) is 0 Å². The molecule has 1 aromatic carbocycles. The fraction of sp³-hybridized carbons (Fsp3) is 0.588. The third-order valence-corrected chi connectivity index (χ3v) is 4.48. The van der Waals surface area contributed by atoms with Gasteiger partial charge in [-0.3, -0.25) is 4.79 Å². The van der Waals surface area contributed by atoms with Crippen molar-refractivity contribution in [2.45, 2.75) is 63.2 Å². The van der Waals surface area contributed by atoms with E-state index in [1.807, 2.05) is 25.1 Å². The van der Waals surface area contributed by atoms with E-state index in [9.17, 15) is 4.79 Å². The number of ketones is 1. The van der Waals surface area contributed by atoms with E-state index in [1.54, 1.807) is 0 Å². The van der Waals surface area contributed by atoms with Crippen LogP contribution < -0.4 is 0 Å². The van der Waals surface area contributed by atoms with Crippen LogP contribution in [0.5, 0.6) is 0 Å². The molecule has 0 aliphatic heterocycles. The van der Waals surface area contributed by atoms with E-state index in [0.717, 1.165) is 18.4 Å². The van der Waals surface area contributed by atoms with Gasteiger partial charge in [-0.25, -0.2) is 0 Å². The van der Waals surface area contributed by atoms with Crippen molar-refractivity contribution >= 4 is 17.4 Å². The predicted octanol–water partition coefficient (Wildman–Crippen LogP) is 5.32. The van der Waals surface area contributed by atoms with Gasteiger partial charge in [0.05, 0.1) is 0 Å². The van der Waals surface area contributed by atoms with Crippen molar-refractivity contribution in [3.05, 3.63) is 35.4 Å². The first-order valence-electron chi connectivity index (χ1n) is 7.39. The molecule has 1 aromatic rings. The van der Waals surface area contributed by atoms with Crippen LogP contribution >= 0.6 is 11.6 Å². The number of unbranched alkanes of at least 4 members (excludes halogenated alkanes) is 3. The average Bonchev–Trinajstić information content (AvgIpc) is 2.40. The van der Waals surface area contributed by atoms with Crippen molar-refractivity contribution in [2.75, 3.05) is 0 Å². The number of benzene rings is 1. The Morgan fingerprint density at radius 2 is 2.00 bits per heavy atom. The van der Waals surface area contributed by atoms with E-state index in [2.05, 4.69) is 13.0 Å².